The van der Waals surface area contributed by atoms with Gasteiger partial charge in [-0.2, -0.15) is 0 Å². The maximum atomic E-state index is 12.3. The molecule has 1 amide bonds. The van der Waals surface area contributed by atoms with Crippen molar-refractivity contribution < 1.29 is 14.3 Å². The fraction of sp³-hybridized carbons (Fsp3) is 0.389. The third-order valence-corrected chi connectivity index (χ3v) is 4.18. The first kappa shape index (κ1) is 16.2. The Morgan fingerprint density at radius 2 is 1.75 bits per heavy atom. The van der Waals surface area contributed by atoms with Crippen molar-refractivity contribution in [3.05, 3.63) is 48.3 Å². The van der Waals surface area contributed by atoms with Crippen LogP contribution in [-0.4, -0.2) is 35.1 Å². The highest BCUT2D eigenvalue weighted by molar-refractivity contribution is 5.94. The smallest absolute Gasteiger partial charge is 0.316 e. The molecule has 1 aliphatic carbocycles. The molecule has 0 radical (unpaired) electrons. The van der Waals surface area contributed by atoms with E-state index in [0.29, 0.717) is 11.6 Å². The highest BCUT2D eigenvalue weighted by Crippen LogP contribution is 2.22. The Morgan fingerprint density at radius 1 is 1.08 bits per heavy atom. The molecule has 1 aromatic carbocycles. The second-order valence-corrected chi connectivity index (χ2v) is 5.82. The lowest BCUT2D eigenvalue weighted by molar-refractivity contribution is 0.0885. The van der Waals surface area contributed by atoms with Gasteiger partial charge in [0.1, 0.15) is 11.9 Å². The highest BCUT2D eigenvalue weighted by atomic mass is 16.5. The third kappa shape index (κ3) is 4.22. The number of aromatic nitrogens is 2. The molecule has 6 heteroatoms. The van der Waals surface area contributed by atoms with Gasteiger partial charge in [-0.25, -0.2) is 9.97 Å². The van der Waals surface area contributed by atoms with E-state index in [4.69, 9.17) is 9.47 Å². The fourth-order valence-electron chi connectivity index (χ4n) is 2.83. The van der Waals surface area contributed by atoms with Crippen LogP contribution in [0.25, 0.3) is 0 Å². The number of hydrogen-bond acceptors (Lipinski definition) is 5. The Morgan fingerprint density at radius 3 is 2.38 bits per heavy atom. The van der Waals surface area contributed by atoms with Crippen LogP contribution >= 0.6 is 0 Å². The van der Waals surface area contributed by atoms with Gasteiger partial charge in [-0.1, -0.05) is 0 Å². The maximum Gasteiger partial charge on any atom is 0.316 e. The van der Waals surface area contributed by atoms with Gasteiger partial charge in [0.05, 0.1) is 7.11 Å². The number of ether oxygens (including phenoxy) is 2. The molecule has 1 saturated carbocycles. The molecule has 24 heavy (non-hydrogen) atoms. The first-order chi connectivity index (χ1) is 11.7. The largest absolute Gasteiger partial charge is 0.497 e. The first-order valence-corrected chi connectivity index (χ1v) is 8.13. The van der Waals surface area contributed by atoms with Crippen LogP contribution in [0.3, 0.4) is 0 Å². The Labute approximate surface area is 141 Å². The van der Waals surface area contributed by atoms with Crippen molar-refractivity contribution in [2.24, 2.45) is 0 Å². The number of amides is 1. The molecule has 1 heterocycles. The number of carbonyl (C=O) groups is 1. The van der Waals surface area contributed by atoms with Gasteiger partial charge < -0.3 is 14.8 Å². The molecule has 0 atom stereocenters. The number of carbonyl (C=O) groups excluding carboxylic acids is 1. The summed E-state index contributed by atoms with van der Waals surface area (Å²) < 4.78 is 10.9. The summed E-state index contributed by atoms with van der Waals surface area (Å²) in [5.74, 6) is 0.695. The predicted octanol–water partition coefficient (Wildman–Crippen LogP) is 2.61. The summed E-state index contributed by atoms with van der Waals surface area (Å²) in [6.07, 6.45) is 6.99. The number of benzene rings is 1. The van der Waals surface area contributed by atoms with E-state index in [1.54, 1.807) is 49.8 Å². The molecule has 3 rings (SSSR count). The molecular formula is C18H21N3O3. The SMILES string of the molecule is COc1ccc(C(=O)NC2CCC(Oc3ncccn3)CC2)cc1. The molecular weight excluding hydrogens is 306 g/mol. The van der Waals surface area contributed by atoms with Crippen molar-refractivity contribution in [3.63, 3.8) is 0 Å². The topological polar surface area (TPSA) is 73.3 Å². The fourth-order valence-corrected chi connectivity index (χ4v) is 2.83. The van der Waals surface area contributed by atoms with Crippen LogP contribution in [0, 0.1) is 0 Å². The molecule has 6 nitrogen and oxygen atoms in total. The maximum absolute atomic E-state index is 12.3. The van der Waals surface area contributed by atoms with Gasteiger partial charge in [0, 0.05) is 24.0 Å². The van der Waals surface area contributed by atoms with Crippen LogP contribution in [-0.2, 0) is 0 Å². The van der Waals surface area contributed by atoms with Gasteiger partial charge in [0.2, 0.25) is 0 Å². The number of hydrogen-bond donors (Lipinski definition) is 1. The van der Waals surface area contributed by atoms with E-state index in [2.05, 4.69) is 15.3 Å². The third-order valence-electron chi connectivity index (χ3n) is 4.18. The van der Waals surface area contributed by atoms with E-state index in [1.165, 1.54) is 0 Å². The minimum Gasteiger partial charge on any atom is -0.497 e. The lowest BCUT2D eigenvalue weighted by Crippen LogP contribution is -2.39. The Hall–Kier alpha value is -2.63. The van der Waals surface area contributed by atoms with E-state index in [1.807, 2.05) is 0 Å². The van der Waals surface area contributed by atoms with Gasteiger partial charge >= 0.3 is 6.01 Å². The van der Waals surface area contributed by atoms with Crippen LogP contribution in [0.4, 0.5) is 0 Å². The number of rotatable bonds is 5. The van der Waals surface area contributed by atoms with E-state index >= 15 is 0 Å². The lowest BCUT2D eigenvalue weighted by Gasteiger charge is -2.28. The lowest BCUT2D eigenvalue weighted by atomic mass is 9.92. The molecule has 0 spiro atoms. The summed E-state index contributed by atoms with van der Waals surface area (Å²) in [5.41, 5.74) is 0.645. The van der Waals surface area contributed by atoms with Crippen molar-refractivity contribution in [2.45, 2.75) is 37.8 Å². The normalized spacial score (nSPS) is 20.2. The van der Waals surface area contributed by atoms with Crippen molar-refractivity contribution in [1.82, 2.24) is 15.3 Å². The van der Waals surface area contributed by atoms with Crippen LogP contribution in [0.2, 0.25) is 0 Å². The Balaban J connectivity index is 1.47. The minimum absolute atomic E-state index is 0.0478. The monoisotopic (exact) mass is 327 g/mol. The summed E-state index contributed by atoms with van der Waals surface area (Å²) in [5, 5.41) is 3.09. The van der Waals surface area contributed by atoms with Crippen molar-refractivity contribution in [2.75, 3.05) is 7.11 Å². The van der Waals surface area contributed by atoms with Crippen LogP contribution in [0.5, 0.6) is 11.8 Å². The molecule has 0 saturated heterocycles. The summed E-state index contributed by atoms with van der Waals surface area (Å²) in [6.45, 7) is 0. The summed E-state index contributed by atoms with van der Waals surface area (Å²) in [6, 6.07) is 9.49. The molecule has 2 aromatic rings. The summed E-state index contributed by atoms with van der Waals surface area (Å²) in [4.78, 5) is 20.4. The van der Waals surface area contributed by atoms with E-state index < -0.39 is 0 Å². The summed E-state index contributed by atoms with van der Waals surface area (Å²) in [7, 11) is 1.61. The Bertz CT molecular complexity index is 653. The van der Waals surface area contributed by atoms with Gasteiger partial charge in [0.25, 0.3) is 5.91 Å². The molecule has 0 bridgehead atoms. The Kier molecular flexibility index (Phi) is 5.25. The van der Waals surface area contributed by atoms with E-state index in [-0.39, 0.29) is 18.1 Å². The molecule has 1 fully saturated rings. The second-order valence-electron chi connectivity index (χ2n) is 5.82. The van der Waals surface area contributed by atoms with E-state index in [0.717, 1.165) is 31.4 Å². The minimum atomic E-state index is -0.0478. The molecule has 1 aromatic heterocycles. The first-order valence-electron chi connectivity index (χ1n) is 8.13. The van der Waals surface area contributed by atoms with E-state index in [9.17, 15) is 4.79 Å². The molecule has 0 aliphatic heterocycles. The quantitative estimate of drug-likeness (QED) is 0.914. The van der Waals surface area contributed by atoms with Gasteiger partial charge in [-0.3, -0.25) is 4.79 Å². The standard InChI is InChI=1S/C18H21N3O3/c1-23-15-7-3-13(4-8-15)17(22)21-14-5-9-16(10-6-14)24-18-19-11-2-12-20-18/h2-4,7-8,11-12,14,16H,5-6,9-10H2,1H3,(H,21,22). The number of nitrogens with one attached hydrogen (secondary N) is 1. The van der Waals surface area contributed by atoms with Crippen molar-refractivity contribution in [3.8, 4) is 11.8 Å². The predicted molar refractivity (Wildman–Crippen MR) is 89.2 cm³/mol. The van der Waals surface area contributed by atoms with Crippen LogP contribution < -0.4 is 14.8 Å². The van der Waals surface area contributed by atoms with Crippen molar-refractivity contribution in [1.29, 1.82) is 0 Å². The zero-order valence-electron chi connectivity index (χ0n) is 13.6. The van der Waals surface area contributed by atoms with Crippen LogP contribution in [0.15, 0.2) is 42.7 Å². The zero-order chi connectivity index (χ0) is 16.8. The number of nitrogens with zero attached hydrogens (tertiary/aromatic N) is 2. The van der Waals surface area contributed by atoms with Gasteiger partial charge in [-0.15, -0.1) is 0 Å². The van der Waals surface area contributed by atoms with Gasteiger partial charge in [-0.05, 0) is 56.0 Å². The second kappa shape index (κ2) is 7.77. The highest BCUT2D eigenvalue weighted by Gasteiger charge is 2.24. The zero-order valence-corrected chi connectivity index (χ0v) is 13.6. The number of methoxy groups -OCH3 is 1. The summed E-state index contributed by atoms with van der Waals surface area (Å²) >= 11 is 0. The molecule has 1 N–H and O–H groups in total. The average Bonchev–Trinajstić information content (AvgIpc) is 2.64. The molecule has 126 valence electrons. The van der Waals surface area contributed by atoms with Gasteiger partial charge in [0.15, 0.2) is 0 Å². The molecule has 1 aliphatic rings. The van der Waals surface area contributed by atoms with Crippen LogP contribution in [0.1, 0.15) is 36.0 Å². The molecule has 0 unspecified atom stereocenters. The van der Waals surface area contributed by atoms with Crippen molar-refractivity contribution >= 4 is 5.91 Å². The average molecular weight is 327 g/mol.